The molecule has 0 radical (unpaired) electrons. The number of carbonyl (C=O) groups is 1. The molecule has 1 heteroatoms. The molecule has 2 aliphatic rings. The third kappa shape index (κ3) is 4.88. The molecule has 0 spiro atoms. The van der Waals surface area contributed by atoms with E-state index in [2.05, 4.69) is 60.7 Å². The summed E-state index contributed by atoms with van der Waals surface area (Å²) >= 11 is 0. The molecule has 2 saturated carbocycles. The zero-order valence-corrected chi connectivity index (χ0v) is 18.6. The number of ketones is 1. The molecule has 0 atom stereocenters. The summed E-state index contributed by atoms with van der Waals surface area (Å²) in [5.74, 6) is 0.617. The van der Waals surface area contributed by atoms with Gasteiger partial charge in [-0.1, -0.05) is 112 Å². The van der Waals surface area contributed by atoms with Crippen molar-refractivity contribution in [3.63, 3.8) is 0 Å². The van der Waals surface area contributed by atoms with Crippen molar-refractivity contribution in [2.75, 3.05) is 0 Å². The molecule has 160 valence electrons. The van der Waals surface area contributed by atoms with Gasteiger partial charge in [0.15, 0.2) is 0 Å². The second kappa shape index (κ2) is 9.94. The molecule has 4 rings (SSSR count). The molecule has 30 heavy (non-hydrogen) atoms. The first-order valence-electron chi connectivity index (χ1n) is 12.4. The van der Waals surface area contributed by atoms with Gasteiger partial charge in [-0.05, 0) is 49.7 Å². The first-order chi connectivity index (χ1) is 14.7. The molecule has 0 aromatic heterocycles. The van der Waals surface area contributed by atoms with Crippen LogP contribution in [-0.2, 0) is 17.6 Å². The van der Waals surface area contributed by atoms with Crippen LogP contribution in [0.3, 0.4) is 0 Å². The minimum absolute atomic E-state index is 0.170. The lowest BCUT2D eigenvalue weighted by molar-refractivity contribution is -0.141. The summed E-state index contributed by atoms with van der Waals surface area (Å²) in [7, 11) is 0. The van der Waals surface area contributed by atoms with Crippen LogP contribution in [0.2, 0.25) is 0 Å². The zero-order valence-electron chi connectivity index (χ0n) is 18.6. The largest absolute Gasteiger partial charge is 0.298 e. The highest BCUT2D eigenvalue weighted by molar-refractivity contribution is 5.91. The summed E-state index contributed by atoms with van der Waals surface area (Å²) in [6.45, 7) is 0. The number of benzene rings is 2. The molecule has 0 N–H and O–H groups in total. The first-order valence-corrected chi connectivity index (χ1v) is 12.4. The van der Waals surface area contributed by atoms with Gasteiger partial charge in [0.05, 0.1) is 0 Å². The predicted octanol–water partition coefficient (Wildman–Crippen LogP) is 7.72. The smallest absolute Gasteiger partial charge is 0.145 e. The molecule has 0 heterocycles. The van der Waals surface area contributed by atoms with E-state index in [-0.39, 0.29) is 10.8 Å². The van der Waals surface area contributed by atoms with E-state index in [1.165, 1.54) is 62.5 Å². The van der Waals surface area contributed by atoms with Crippen molar-refractivity contribution in [3.8, 4) is 0 Å². The number of rotatable bonds is 6. The second-order valence-corrected chi connectivity index (χ2v) is 10.0. The fourth-order valence-electron chi connectivity index (χ4n) is 6.31. The number of hydrogen-bond acceptors (Lipinski definition) is 1. The Morgan fingerprint density at radius 3 is 1.20 bits per heavy atom. The van der Waals surface area contributed by atoms with Crippen LogP contribution in [0.1, 0.15) is 88.2 Å². The average Bonchev–Trinajstić information content (AvgIpc) is 3.17. The lowest BCUT2D eigenvalue weighted by Crippen LogP contribution is -2.46. The molecule has 2 aliphatic carbocycles. The zero-order chi connectivity index (χ0) is 20.7. The molecule has 0 unspecified atom stereocenters. The van der Waals surface area contributed by atoms with Gasteiger partial charge >= 0.3 is 0 Å². The normalized spacial score (nSPS) is 21.3. The van der Waals surface area contributed by atoms with Gasteiger partial charge in [-0.3, -0.25) is 4.79 Å². The Hall–Kier alpha value is -1.89. The Morgan fingerprint density at radius 2 is 0.867 bits per heavy atom. The highest BCUT2D eigenvalue weighted by Gasteiger charge is 2.49. The average molecular weight is 403 g/mol. The van der Waals surface area contributed by atoms with Crippen molar-refractivity contribution in [1.29, 1.82) is 0 Å². The molecule has 0 saturated heterocycles. The van der Waals surface area contributed by atoms with Crippen LogP contribution in [0, 0.1) is 10.8 Å². The van der Waals surface area contributed by atoms with E-state index in [4.69, 9.17) is 0 Å². The van der Waals surface area contributed by atoms with Gasteiger partial charge in [0.2, 0.25) is 0 Å². The maximum Gasteiger partial charge on any atom is 0.145 e. The van der Waals surface area contributed by atoms with Gasteiger partial charge in [0, 0.05) is 10.8 Å². The highest BCUT2D eigenvalue weighted by Crippen LogP contribution is 2.49. The molecular formula is C29H38O. The van der Waals surface area contributed by atoms with Crippen LogP contribution in [-0.4, -0.2) is 5.78 Å². The van der Waals surface area contributed by atoms with Crippen molar-refractivity contribution in [2.45, 2.75) is 89.9 Å². The molecule has 2 aromatic carbocycles. The third-order valence-corrected chi connectivity index (χ3v) is 7.86. The van der Waals surface area contributed by atoms with E-state index in [9.17, 15) is 4.79 Å². The fraction of sp³-hybridized carbons (Fsp3) is 0.552. The van der Waals surface area contributed by atoms with Crippen molar-refractivity contribution in [1.82, 2.24) is 0 Å². The molecule has 0 aliphatic heterocycles. The first kappa shape index (κ1) is 21.3. The maximum atomic E-state index is 14.7. The number of carbonyl (C=O) groups excluding carboxylic acids is 1. The Labute approximate surface area is 183 Å². The number of Topliss-reactive ketones (excluding diaryl/α,β-unsaturated/α-hetero) is 1. The highest BCUT2D eigenvalue weighted by atomic mass is 16.1. The predicted molar refractivity (Wildman–Crippen MR) is 126 cm³/mol. The Balaban J connectivity index is 1.71. The standard InChI is InChI=1S/C29H38O/c30-27(28(19-11-1-2-12-20-28)23-25-15-7-5-8-16-25)29(21-13-3-4-14-22-29)24-26-17-9-6-10-18-26/h5-10,15-18H,1-4,11-14,19-24H2. The summed E-state index contributed by atoms with van der Waals surface area (Å²) in [5, 5.41) is 0. The minimum Gasteiger partial charge on any atom is -0.298 e. The summed E-state index contributed by atoms with van der Waals surface area (Å²) in [6.07, 6.45) is 16.2. The van der Waals surface area contributed by atoms with Gasteiger partial charge in [0.1, 0.15) is 5.78 Å². The van der Waals surface area contributed by atoms with Crippen LogP contribution < -0.4 is 0 Å². The summed E-state index contributed by atoms with van der Waals surface area (Å²) in [4.78, 5) is 14.7. The van der Waals surface area contributed by atoms with E-state index in [1.807, 2.05) is 0 Å². The molecular weight excluding hydrogens is 364 g/mol. The van der Waals surface area contributed by atoms with Crippen LogP contribution in [0.5, 0.6) is 0 Å². The van der Waals surface area contributed by atoms with Crippen molar-refractivity contribution >= 4 is 5.78 Å². The Morgan fingerprint density at radius 1 is 0.533 bits per heavy atom. The molecule has 2 aromatic rings. The van der Waals surface area contributed by atoms with Gasteiger partial charge in [-0.25, -0.2) is 0 Å². The SMILES string of the molecule is O=C(C1(Cc2ccccc2)CCCCCC1)C1(Cc2ccccc2)CCCCCC1. The fourth-order valence-corrected chi connectivity index (χ4v) is 6.31. The molecule has 2 fully saturated rings. The Kier molecular flexibility index (Phi) is 7.08. The molecule has 1 nitrogen and oxygen atoms in total. The van der Waals surface area contributed by atoms with Crippen LogP contribution in [0.4, 0.5) is 0 Å². The van der Waals surface area contributed by atoms with Crippen LogP contribution in [0.15, 0.2) is 60.7 Å². The van der Waals surface area contributed by atoms with Gasteiger partial charge in [-0.2, -0.15) is 0 Å². The molecule has 0 bridgehead atoms. The lowest BCUT2D eigenvalue weighted by Gasteiger charge is -2.42. The lowest BCUT2D eigenvalue weighted by atomic mass is 9.59. The Bertz CT molecular complexity index is 708. The van der Waals surface area contributed by atoms with E-state index >= 15 is 0 Å². The monoisotopic (exact) mass is 402 g/mol. The summed E-state index contributed by atoms with van der Waals surface area (Å²) in [6, 6.07) is 21.7. The van der Waals surface area contributed by atoms with Gasteiger partial charge < -0.3 is 0 Å². The maximum absolute atomic E-state index is 14.7. The van der Waals surface area contributed by atoms with E-state index in [0.717, 1.165) is 38.5 Å². The van der Waals surface area contributed by atoms with E-state index in [0.29, 0.717) is 5.78 Å². The summed E-state index contributed by atoms with van der Waals surface area (Å²) in [5.41, 5.74) is 2.35. The van der Waals surface area contributed by atoms with Gasteiger partial charge in [-0.15, -0.1) is 0 Å². The van der Waals surface area contributed by atoms with Gasteiger partial charge in [0.25, 0.3) is 0 Å². The van der Waals surface area contributed by atoms with Crippen molar-refractivity contribution in [2.24, 2.45) is 10.8 Å². The quantitative estimate of drug-likeness (QED) is 0.452. The van der Waals surface area contributed by atoms with Crippen molar-refractivity contribution in [3.05, 3.63) is 71.8 Å². The summed E-state index contributed by atoms with van der Waals surface area (Å²) < 4.78 is 0. The van der Waals surface area contributed by atoms with E-state index < -0.39 is 0 Å². The molecule has 0 amide bonds. The number of hydrogen-bond donors (Lipinski definition) is 0. The van der Waals surface area contributed by atoms with E-state index in [1.54, 1.807) is 0 Å². The van der Waals surface area contributed by atoms with Crippen molar-refractivity contribution < 1.29 is 4.79 Å². The van der Waals surface area contributed by atoms with Crippen LogP contribution in [0.25, 0.3) is 0 Å². The van der Waals surface area contributed by atoms with Crippen LogP contribution >= 0.6 is 0 Å². The third-order valence-electron chi connectivity index (χ3n) is 7.86. The minimum atomic E-state index is -0.170. The second-order valence-electron chi connectivity index (χ2n) is 10.0. The topological polar surface area (TPSA) is 17.1 Å².